The number of rotatable bonds is 6. The maximum Gasteiger partial charge on any atom is 0.349 e. The molecule has 0 aliphatic rings. The van der Waals surface area contributed by atoms with E-state index in [0.29, 0.717) is 32.4 Å². The van der Waals surface area contributed by atoms with Crippen LogP contribution in [0.2, 0.25) is 0 Å². The van der Waals surface area contributed by atoms with Crippen molar-refractivity contribution in [1.29, 1.82) is 0 Å². The summed E-state index contributed by atoms with van der Waals surface area (Å²) in [6, 6.07) is 9.90. The number of esters is 1. The van der Waals surface area contributed by atoms with Gasteiger partial charge < -0.3 is 19.2 Å². The third-order valence-electron chi connectivity index (χ3n) is 4.19. The number of benzene rings is 2. The predicted octanol–water partition coefficient (Wildman–Crippen LogP) is 2.28. The molecule has 0 aliphatic carbocycles. The smallest absolute Gasteiger partial charge is 0.349 e. The lowest BCUT2D eigenvalue weighted by Gasteiger charge is -2.17. The van der Waals surface area contributed by atoms with Crippen LogP contribution in [-0.4, -0.2) is 42.2 Å². The van der Waals surface area contributed by atoms with Crippen molar-refractivity contribution in [1.82, 2.24) is 9.66 Å². The minimum atomic E-state index is -0.852. The zero-order valence-electron chi connectivity index (χ0n) is 16.3. The molecule has 30 heavy (non-hydrogen) atoms. The van der Waals surface area contributed by atoms with E-state index in [0.717, 1.165) is 4.68 Å². The van der Waals surface area contributed by atoms with Crippen molar-refractivity contribution in [2.24, 2.45) is 5.10 Å². The molecule has 1 N–H and O–H groups in total. The highest BCUT2D eigenvalue weighted by molar-refractivity contribution is 9.10. The van der Waals surface area contributed by atoms with Crippen LogP contribution in [0.15, 0.2) is 55.6 Å². The third kappa shape index (κ3) is 4.28. The maximum atomic E-state index is 12.6. The van der Waals surface area contributed by atoms with Gasteiger partial charge in [0, 0.05) is 0 Å². The molecule has 3 rings (SSSR count). The second-order valence-electron chi connectivity index (χ2n) is 6.15. The van der Waals surface area contributed by atoms with Crippen LogP contribution in [0.1, 0.15) is 12.5 Å². The average molecular weight is 476 g/mol. The Kier molecular flexibility index (Phi) is 6.36. The van der Waals surface area contributed by atoms with Gasteiger partial charge in [-0.15, -0.1) is 4.68 Å². The van der Waals surface area contributed by atoms with Crippen molar-refractivity contribution < 1.29 is 19.0 Å². The van der Waals surface area contributed by atoms with Crippen LogP contribution in [0, 0.1) is 0 Å². The van der Waals surface area contributed by atoms with E-state index in [2.05, 4.69) is 30.8 Å². The highest BCUT2D eigenvalue weighted by Crippen LogP contribution is 2.37. The zero-order valence-corrected chi connectivity index (χ0v) is 17.9. The average Bonchev–Trinajstić information content (AvgIpc) is 2.74. The highest BCUT2D eigenvalue weighted by atomic mass is 79.9. The fraction of sp³-hybridized carbons (Fsp3) is 0.200. The zero-order chi connectivity index (χ0) is 21.8. The summed E-state index contributed by atoms with van der Waals surface area (Å²) in [6.07, 6.45) is 0.487. The van der Waals surface area contributed by atoms with Gasteiger partial charge in [0.2, 0.25) is 0 Å². The van der Waals surface area contributed by atoms with E-state index >= 15 is 0 Å². The fourth-order valence-electron chi connectivity index (χ4n) is 2.70. The molecule has 9 nitrogen and oxygen atoms in total. The van der Waals surface area contributed by atoms with Gasteiger partial charge in [0.25, 0.3) is 5.56 Å². The van der Waals surface area contributed by atoms with Crippen molar-refractivity contribution in [3.8, 4) is 11.5 Å². The van der Waals surface area contributed by atoms with Gasteiger partial charge in [-0.05, 0) is 52.7 Å². The van der Waals surface area contributed by atoms with Crippen LogP contribution in [0.3, 0.4) is 0 Å². The SMILES string of the molecule is COC(=O)C(C)Oc1c(Br)cc(C=Nn2c(=O)[nH]c3ccccc3c2=O)cc1OC. The number of para-hydroxylation sites is 1. The maximum absolute atomic E-state index is 12.6. The topological polar surface area (TPSA) is 112 Å². The van der Waals surface area contributed by atoms with E-state index in [-0.39, 0.29) is 0 Å². The number of aromatic amines is 1. The monoisotopic (exact) mass is 475 g/mol. The first-order valence-electron chi connectivity index (χ1n) is 8.76. The molecule has 1 unspecified atom stereocenters. The number of nitrogens with zero attached hydrogens (tertiary/aromatic N) is 2. The van der Waals surface area contributed by atoms with Crippen LogP contribution in [0.5, 0.6) is 11.5 Å². The Labute approximate surface area is 179 Å². The van der Waals surface area contributed by atoms with E-state index in [1.807, 2.05) is 0 Å². The molecule has 1 aromatic heterocycles. The lowest BCUT2D eigenvalue weighted by Crippen LogP contribution is -2.32. The number of H-pyrrole nitrogens is 1. The van der Waals surface area contributed by atoms with Crippen LogP contribution in [0.4, 0.5) is 0 Å². The summed E-state index contributed by atoms with van der Waals surface area (Å²) < 4.78 is 16.8. The third-order valence-corrected chi connectivity index (χ3v) is 4.77. The van der Waals surface area contributed by atoms with Crippen LogP contribution in [-0.2, 0) is 9.53 Å². The van der Waals surface area contributed by atoms with Crippen LogP contribution in [0.25, 0.3) is 10.9 Å². The Morgan fingerprint density at radius 1 is 1.23 bits per heavy atom. The molecular weight excluding hydrogens is 458 g/mol. The molecule has 0 amide bonds. The molecule has 0 bridgehead atoms. The molecule has 0 fully saturated rings. The Hall–Kier alpha value is -3.40. The second kappa shape index (κ2) is 8.95. The molecule has 0 spiro atoms. The molecule has 1 atom stereocenters. The number of nitrogens with one attached hydrogen (secondary N) is 1. The number of carbonyl (C=O) groups excluding carboxylic acids is 1. The van der Waals surface area contributed by atoms with Gasteiger partial charge >= 0.3 is 11.7 Å². The summed E-state index contributed by atoms with van der Waals surface area (Å²) in [4.78, 5) is 39.0. The largest absolute Gasteiger partial charge is 0.493 e. The molecule has 0 aliphatic heterocycles. The van der Waals surface area contributed by atoms with Crippen LogP contribution >= 0.6 is 15.9 Å². The number of carbonyl (C=O) groups is 1. The summed E-state index contributed by atoms with van der Waals surface area (Å²) in [5, 5.41) is 4.36. The number of ether oxygens (including phenoxy) is 3. The van der Waals surface area contributed by atoms with E-state index in [1.54, 1.807) is 43.3 Å². The van der Waals surface area contributed by atoms with Crippen LogP contribution < -0.4 is 20.7 Å². The molecule has 1 heterocycles. The van der Waals surface area contributed by atoms with Crippen molar-refractivity contribution in [3.05, 3.63) is 67.3 Å². The molecule has 10 heteroatoms. The van der Waals surface area contributed by atoms with Crippen molar-refractivity contribution >= 4 is 39.0 Å². The lowest BCUT2D eigenvalue weighted by molar-refractivity contribution is -0.147. The quantitative estimate of drug-likeness (QED) is 0.432. The molecule has 0 radical (unpaired) electrons. The first-order chi connectivity index (χ1) is 14.3. The van der Waals surface area contributed by atoms with E-state index in [1.165, 1.54) is 20.4 Å². The van der Waals surface area contributed by atoms with Crippen molar-refractivity contribution in [2.75, 3.05) is 14.2 Å². The van der Waals surface area contributed by atoms with E-state index in [9.17, 15) is 14.4 Å². The lowest BCUT2D eigenvalue weighted by atomic mass is 10.2. The van der Waals surface area contributed by atoms with Gasteiger partial charge in [-0.3, -0.25) is 4.79 Å². The van der Waals surface area contributed by atoms with Gasteiger partial charge in [0.15, 0.2) is 17.6 Å². The Bertz CT molecular complexity index is 1250. The standard InChI is InChI=1S/C20H18BrN3O6/c1-11(19(26)29-3)30-17-14(21)8-12(9-16(17)28-2)10-22-24-18(25)13-6-4-5-7-15(13)23-20(24)27/h4-11H,1-3H3,(H,23,27). The normalized spacial score (nSPS) is 12.1. The Morgan fingerprint density at radius 2 is 1.97 bits per heavy atom. The summed E-state index contributed by atoms with van der Waals surface area (Å²) in [6.45, 7) is 1.55. The number of halogens is 1. The molecule has 3 aromatic rings. The fourth-order valence-corrected chi connectivity index (χ4v) is 3.26. The van der Waals surface area contributed by atoms with E-state index in [4.69, 9.17) is 9.47 Å². The molecular formula is C20H18BrN3O6. The van der Waals surface area contributed by atoms with Gasteiger partial charge in [-0.1, -0.05) is 12.1 Å². The van der Waals surface area contributed by atoms with Gasteiger partial charge in [-0.25, -0.2) is 9.59 Å². The minimum absolute atomic E-state index is 0.299. The van der Waals surface area contributed by atoms with E-state index < -0.39 is 23.3 Å². The highest BCUT2D eigenvalue weighted by Gasteiger charge is 2.20. The number of fused-ring (bicyclic) bond motifs is 1. The second-order valence-corrected chi connectivity index (χ2v) is 7.01. The van der Waals surface area contributed by atoms with Gasteiger partial charge in [0.05, 0.1) is 35.8 Å². The summed E-state index contributed by atoms with van der Waals surface area (Å²) in [5.74, 6) is 0.0825. The Morgan fingerprint density at radius 3 is 2.67 bits per heavy atom. The minimum Gasteiger partial charge on any atom is -0.493 e. The molecule has 0 saturated heterocycles. The summed E-state index contributed by atoms with van der Waals surface area (Å²) in [7, 11) is 2.71. The summed E-state index contributed by atoms with van der Waals surface area (Å²) in [5.41, 5.74) is -0.239. The molecule has 2 aromatic carbocycles. The first-order valence-corrected chi connectivity index (χ1v) is 9.55. The van der Waals surface area contributed by atoms with Crippen molar-refractivity contribution in [2.45, 2.75) is 13.0 Å². The van der Waals surface area contributed by atoms with Gasteiger partial charge in [0.1, 0.15) is 0 Å². The summed E-state index contributed by atoms with van der Waals surface area (Å²) >= 11 is 3.37. The van der Waals surface area contributed by atoms with Gasteiger partial charge in [-0.2, -0.15) is 5.10 Å². The molecule has 156 valence electrons. The first kappa shape index (κ1) is 21.3. The number of methoxy groups -OCH3 is 2. The Balaban J connectivity index is 1.98. The van der Waals surface area contributed by atoms with Crippen molar-refractivity contribution in [3.63, 3.8) is 0 Å². The number of hydrogen-bond acceptors (Lipinski definition) is 7. The molecule has 0 saturated carbocycles. The predicted molar refractivity (Wildman–Crippen MR) is 115 cm³/mol. The number of aromatic nitrogens is 2. The number of hydrogen-bond donors (Lipinski definition) is 1.